The fourth-order valence-corrected chi connectivity index (χ4v) is 8.49. The molecule has 2 aliphatic carbocycles. The number of rotatable bonds is 6. The van der Waals surface area contributed by atoms with Gasteiger partial charge in [0.2, 0.25) is 0 Å². The molecule has 156 valence electrons. The summed E-state index contributed by atoms with van der Waals surface area (Å²) in [5, 5.41) is 0. The molecule has 2 saturated carbocycles. The van der Waals surface area contributed by atoms with Crippen LogP contribution in [0, 0.1) is 24.9 Å². The van der Waals surface area contributed by atoms with E-state index in [0.29, 0.717) is 20.0 Å². The Morgan fingerprint density at radius 1 is 0.862 bits per heavy atom. The molecule has 0 radical (unpaired) electrons. The predicted octanol–water partition coefficient (Wildman–Crippen LogP) is 6.40. The van der Waals surface area contributed by atoms with Gasteiger partial charge in [-0.25, -0.2) is 0 Å². The molecule has 0 amide bonds. The third kappa shape index (κ3) is 3.78. The molecule has 2 aliphatic rings. The summed E-state index contributed by atoms with van der Waals surface area (Å²) in [5.74, 6) is -13.2. The average Bonchev–Trinajstić information content (AvgIpc) is 3.37. The summed E-state index contributed by atoms with van der Waals surface area (Å²) in [6.45, 7) is 0. The van der Waals surface area contributed by atoms with E-state index in [1.54, 1.807) is 60.7 Å². The summed E-state index contributed by atoms with van der Waals surface area (Å²) in [7, 11) is 0. The fourth-order valence-electron chi connectivity index (χ4n) is 4.45. The zero-order chi connectivity index (χ0) is 20.6. The molecule has 2 bridgehead atoms. The molecule has 0 heterocycles. The second kappa shape index (κ2) is 7.89. The molecule has 3 unspecified atom stereocenters. The summed E-state index contributed by atoms with van der Waals surface area (Å²) < 4.78 is 65.6. The molecule has 0 N–H and O–H groups in total. The van der Waals surface area contributed by atoms with Crippen LogP contribution in [0.4, 0.5) is 17.6 Å². The van der Waals surface area contributed by atoms with E-state index in [-0.39, 0.29) is 12.3 Å². The standard InChI is InChI=1S/C22H21F4IO2/c23-21(24,19-14-15-11-12-16(19)13-15)22(25,26)20(28)29-27(17-7-3-1-4-8-17)18-9-5-2-6-10-18/h1-10,15-16,19H,11-14H2. The Kier molecular flexibility index (Phi) is 5.61. The Balaban J connectivity index is 1.59. The van der Waals surface area contributed by atoms with Gasteiger partial charge < -0.3 is 0 Å². The molecule has 2 nitrogen and oxygen atoms in total. The van der Waals surface area contributed by atoms with Crippen LogP contribution in [0.5, 0.6) is 0 Å². The molecule has 0 aliphatic heterocycles. The first-order valence-corrected chi connectivity index (χ1v) is 12.6. The van der Waals surface area contributed by atoms with Crippen molar-refractivity contribution in [2.24, 2.45) is 17.8 Å². The Bertz CT molecular complexity index is 820. The topological polar surface area (TPSA) is 26.3 Å². The first-order chi connectivity index (χ1) is 13.8. The quantitative estimate of drug-likeness (QED) is 0.326. The van der Waals surface area contributed by atoms with Crippen LogP contribution in [0.15, 0.2) is 60.7 Å². The van der Waals surface area contributed by atoms with Crippen molar-refractivity contribution >= 4 is 26.2 Å². The van der Waals surface area contributed by atoms with Gasteiger partial charge in [-0.05, 0) is 0 Å². The summed E-state index contributed by atoms with van der Waals surface area (Å²) in [4.78, 5) is 12.4. The molecule has 0 aromatic heterocycles. The summed E-state index contributed by atoms with van der Waals surface area (Å²) in [5.41, 5.74) is 0. The predicted molar refractivity (Wildman–Crippen MR) is 109 cm³/mol. The summed E-state index contributed by atoms with van der Waals surface area (Å²) >= 11 is -3.11. The first kappa shape index (κ1) is 20.6. The van der Waals surface area contributed by atoms with Gasteiger partial charge in [-0.1, -0.05) is 0 Å². The Hall–Kier alpha value is -1.64. The molecular formula is C22H21F4IO2. The van der Waals surface area contributed by atoms with Crippen LogP contribution in [0.2, 0.25) is 0 Å². The van der Waals surface area contributed by atoms with Gasteiger partial charge in [0.1, 0.15) is 0 Å². The van der Waals surface area contributed by atoms with Crippen molar-refractivity contribution < 1.29 is 25.4 Å². The van der Waals surface area contributed by atoms with Crippen LogP contribution in [-0.2, 0) is 7.86 Å². The number of carbonyl (C=O) groups excluding carboxylic acids is 1. The fraction of sp³-hybridized carbons (Fsp3) is 0.409. The molecule has 7 heteroatoms. The Morgan fingerprint density at radius 2 is 1.41 bits per heavy atom. The van der Waals surface area contributed by atoms with Gasteiger partial charge in [0.25, 0.3) is 0 Å². The zero-order valence-corrected chi connectivity index (χ0v) is 17.7. The van der Waals surface area contributed by atoms with Crippen molar-refractivity contribution in [3.05, 3.63) is 67.8 Å². The van der Waals surface area contributed by atoms with Crippen LogP contribution >= 0.6 is 20.2 Å². The van der Waals surface area contributed by atoms with Gasteiger partial charge in [-0.15, -0.1) is 0 Å². The molecule has 2 aromatic carbocycles. The van der Waals surface area contributed by atoms with Crippen LogP contribution in [0.25, 0.3) is 0 Å². The van der Waals surface area contributed by atoms with E-state index in [2.05, 4.69) is 0 Å². The van der Waals surface area contributed by atoms with E-state index in [1.807, 2.05) is 0 Å². The van der Waals surface area contributed by atoms with E-state index in [0.717, 1.165) is 6.42 Å². The van der Waals surface area contributed by atoms with Crippen molar-refractivity contribution in [1.82, 2.24) is 0 Å². The second-order valence-corrected chi connectivity index (χ2v) is 12.0. The average molecular weight is 520 g/mol. The van der Waals surface area contributed by atoms with E-state index >= 15 is 0 Å². The molecule has 0 spiro atoms. The minimum absolute atomic E-state index is 0.0558. The number of hydrogen-bond acceptors (Lipinski definition) is 2. The van der Waals surface area contributed by atoms with Crippen LogP contribution in [0.3, 0.4) is 0 Å². The van der Waals surface area contributed by atoms with Crippen molar-refractivity contribution in [3.8, 4) is 0 Å². The number of fused-ring (bicyclic) bond motifs is 2. The molecule has 3 atom stereocenters. The zero-order valence-electron chi connectivity index (χ0n) is 15.5. The number of hydrogen-bond donors (Lipinski definition) is 0. The van der Waals surface area contributed by atoms with Gasteiger partial charge in [0.05, 0.1) is 0 Å². The molecule has 2 fully saturated rings. The minimum atomic E-state index is -4.85. The maximum absolute atomic E-state index is 14.8. The third-order valence-corrected chi connectivity index (χ3v) is 10.4. The van der Waals surface area contributed by atoms with Crippen molar-refractivity contribution in [3.63, 3.8) is 0 Å². The Labute approximate surface area is 174 Å². The number of benzene rings is 2. The monoisotopic (exact) mass is 520 g/mol. The molecule has 0 saturated heterocycles. The number of alkyl halides is 4. The van der Waals surface area contributed by atoms with Crippen molar-refractivity contribution in [2.45, 2.75) is 37.5 Å². The molecule has 4 rings (SSSR count). The van der Waals surface area contributed by atoms with Gasteiger partial charge in [-0.2, -0.15) is 0 Å². The van der Waals surface area contributed by atoms with Gasteiger partial charge in [-0.3, -0.25) is 0 Å². The van der Waals surface area contributed by atoms with E-state index < -0.39 is 49.9 Å². The maximum atomic E-state index is 14.8. The summed E-state index contributed by atoms with van der Waals surface area (Å²) in [6, 6.07) is 17.0. The van der Waals surface area contributed by atoms with Gasteiger partial charge in [0, 0.05) is 0 Å². The molecule has 29 heavy (non-hydrogen) atoms. The third-order valence-electron chi connectivity index (χ3n) is 5.89. The van der Waals surface area contributed by atoms with Gasteiger partial charge in [0.15, 0.2) is 0 Å². The van der Waals surface area contributed by atoms with E-state index in [9.17, 15) is 22.4 Å². The normalized spacial score (nSPS) is 24.4. The van der Waals surface area contributed by atoms with E-state index in [4.69, 9.17) is 3.07 Å². The van der Waals surface area contributed by atoms with Crippen molar-refractivity contribution in [2.75, 3.05) is 0 Å². The number of carbonyl (C=O) groups is 1. The second-order valence-electron chi connectivity index (χ2n) is 7.68. The number of halogens is 5. The van der Waals surface area contributed by atoms with Crippen LogP contribution in [0.1, 0.15) is 25.7 Å². The molecule has 2 aromatic rings. The molecular weight excluding hydrogens is 499 g/mol. The first-order valence-electron chi connectivity index (χ1n) is 9.59. The van der Waals surface area contributed by atoms with Gasteiger partial charge >= 0.3 is 175 Å². The van der Waals surface area contributed by atoms with Crippen molar-refractivity contribution in [1.29, 1.82) is 0 Å². The SMILES string of the molecule is O=C(OI(c1ccccc1)c1ccccc1)C(F)(F)C(F)(F)C1CC2CCC1C2. The Morgan fingerprint density at radius 3 is 1.86 bits per heavy atom. The van der Waals surface area contributed by atoms with Crippen LogP contribution < -0.4 is 0 Å². The van der Waals surface area contributed by atoms with E-state index in [1.165, 1.54) is 0 Å². The van der Waals surface area contributed by atoms with Crippen LogP contribution in [-0.4, -0.2) is 17.8 Å². The summed E-state index contributed by atoms with van der Waals surface area (Å²) in [6.07, 6.45) is 1.95.